The summed E-state index contributed by atoms with van der Waals surface area (Å²) in [6.07, 6.45) is 5.45. The molecule has 0 saturated carbocycles. The van der Waals surface area contributed by atoms with Crippen molar-refractivity contribution in [3.63, 3.8) is 0 Å². The topological polar surface area (TPSA) is 28.3 Å². The van der Waals surface area contributed by atoms with Gasteiger partial charge >= 0.3 is 6.61 Å². The molecule has 3 nitrogen and oxygen atoms in total. The van der Waals surface area contributed by atoms with Crippen LogP contribution in [0, 0.1) is 0 Å². The molecule has 2 aromatic rings. The number of nitrogens with zero attached hydrogens (tertiary/aromatic N) is 1. The number of H-pyrrole nitrogens is 1. The number of likely N-dealkylation sites (tertiary alicyclic amines) is 1. The third-order valence-corrected chi connectivity index (χ3v) is 3.86. The van der Waals surface area contributed by atoms with Crippen molar-refractivity contribution in [2.45, 2.75) is 25.9 Å². The quantitative estimate of drug-likeness (QED) is 0.909. The summed E-state index contributed by atoms with van der Waals surface area (Å²) in [6, 6.07) is 5.04. The standard InChI is InChI=1S/C15H18F2N2O/c16-15(17)20-12-3-4-14-13(9-12)11(10-18-14)5-8-19-6-1-2-7-19/h3-4,9-10,15,18H,1-2,5-8H2. The number of aromatic nitrogens is 1. The molecule has 0 bridgehead atoms. The van der Waals surface area contributed by atoms with E-state index in [1.54, 1.807) is 18.2 Å². The van der Waals surface area contributed by atoms with Crippen LogP contribution in [0.15, 0.2) is 24.4 Å². The van der Waals surface area contributed by atoms with Crippen LogP contribution in [-0.4, -0.2) is 36.1 Å². The molecule has 3 rings (SSSR count). The van der Waals surface area contributed by atoms with Crippen LogP contribution in [0.3, 0.4) is 0 Å². The van der Waals surface area contributed by atoms with Gasteiger partial charge in [0.05, 0.1) is 0 Å². The predicted molar refractivity (Wildman–Crippen MR) is 74.3 cm³/mol. The second-order valence-electron chi connectivity index (χ2n) is 5.20. The van der Waals surface area contributed by atoms with Crippen molar-refractivity contribution in [1.29, 1.82) is 0 Å². The summed E-state index contributed by atoms with van der Waals surface area (Å²) < 4.78 is 29.0. The van der Waals surface area contributed by atoms with Gasteiger partial charge in [0.1, 0.15) is 5.75 Å². The molecular formula is C15H18F2N2O. The number of ether oxygens (including phenoxy) is 1. The average molecular weight is 280 g/mol. The zero-order valence-electron chi connectivity index (χ0n) is 11.2. The number of benzene rings is 1. The summed E-state index contributed by atoms with van der Waals surface area (Å²) in [6.45, 7) is 0.580. The Hall–Kier alpha value is -1.62. The Morgan fingerprint density at radius 1 is 1.25 bits per heavy atom. The Bertz CT molecular complexity index is 576. The maximum absolute atomic E-state index is 12.3. The maximum atomic E-state index is 12.3. The highest BCUT2D eigenvalue weighted by atomic mass is 19.3. The van der Waals surface area contributed by atoms with Crippen molar-refractivity contribution >= 4 is 10.9 Å². The Balaban J connectivity index is 1.75. The summed E-state index contributed by atoms with van der Waals surface area (Å²) in [7, 11) is 0. The van der Waals surface area contributed by atoms with Gasteiger partial charge in [0.25, 0.3) is 0 Å². The van der Waals surface area contributed by atoms with Crippen LogP contribution in [0.25, 0.3) is 10.9 Å². The molecule has 108 valence electrons. The molecule has 1 aliphatic heterocycles. The monoisotopic (exact) mass is 280 g/mol. The van der Waals surface area contributed by atoms with Gasteiger partial charge in [-0.05, 0) is 56.1 Å². The van der Waals surface area contributed by atoms with Crippen molar-refractivity contribution in [3.8, 4) is 5.75 Å². The molecule has 5 heteroatoms. The number of nitrogens with one attached hydrogen (secondary N) is 1. The molecule has 0 amide bonds. The first-order valence-corrected chi connectivity index (χ1v) is 6.99. The molecule has 0 spiro atoms. The van der Waals surface area contributed by atoms with Gasteiger partial charge in [0.15, 0.2) is 0 Å². The fourth-order valence-corrected chi connectivity index (χ4v) is 2.83. The molecule has 1 aromatic carbocycles. The van der Waals surface area contributed by atoms with Gasteiger partial charge in [-0.1, -0.05) is 0 Å². The van der Waals surface area contributed by atoms with E-state index in [1.807, 2.05) is 6.20 Å². The molecule has 1 N–H and O–H groups in total. The summed E-state index contributed by atoms with van der Waals surface area (Å²) in [5, 5.41) is 0.974. The van der Waals surface area contributed by atoms with E-state index < -0.39 is 6.61 Å². The summed E-state index contributed by atoms with van der Waals surface area (Å²) in [4.78, 5) is 5.63. The zero-order valence-corrected chi connectivity index (χ0v) is 11.2. The lowest BCUT2D eigenvalue weighted by Crippen LogP contribution is -2.21. The molecule has 1 saturated heterocycles. The fraction of sp³-hybridized carbons (Fsp3) is 0.467. The summed E-state index contributed by atoms with van der Waals surface area (Å²) in [5.74, 6) is 0.217. The number of halogens is 2. The van der Waals surface area contributed by atoms with Crippen LogP contribution < -0.4 is 4.74 Å². The normalized spacial score (nSPS) is 16.4. The van der Waals surface area contributed by atoms with E-state index in [2.05, 4.69) is 14.6 Å². The Morgan fingerprint density at radius 3 is 2.80 bits per heavy atom. The molecule has 0 unspecified atom stereocenters. The highest BCUT2D eigenvalue weighted by Crippen LogP contribution is 2.25. The Kier molecular flexibility index (Phi) is 3.87. The van der Waals surface area contributed by atoms with Crippen LogP contribution in [0.1, 0.15) is 18.4 Å². The minimum absolute atomic E-state index is 0.217. The zero-order chi connectivity index (χ0) is 13.9. The van der Waals surface area contributed by atoms with Crippen molar-refractivity contribution in [2.75, 3.05) is 19.6 Å². The van der Waals surface area contributed by atoms with E-state index in [9.17, 15) is 8.78 Å². The highest BCUT2D eigenvalue weighted by molar-refractivity contribution is 5.84. The molecule has 20 heavy (non-hydrogen) atoms. The van der Waals surface area contributed by atoms with Gasteiger partial charge in [-0.25, -0.2) is 0 Å². The highest BCUT2D eigenvalue weighted by Gasteiger charge is 2.13. The van der Waals surface area contributed by atoms with E-state index in [0.717, 1.165) is 29.4 Å². The van der Waals surface area contributed by atoms with E-state index in [1.165, 1.54) is 25.9 Å². The molecule has 0 atom stereocenters. The molecular weight excluding hydrogens is 262 g/mol. The van der Waals surface area contributed by atoms with Gasteiger partial charge in [-0.2, -0.15) is 8.78 Å². The third kappa shape index (κ3) is 2.93. The number of aromatic amines is 1. The second kappa shape index (κ2) is 5.79. The SMILES string of the molecule is FC(F)Oc1ccc2[nH]cc(CCN3CCCC3)c2c1. The fourth-order valence-electron chi connectivity index (χ4n) is 2.83. The average Bonchev–Trinajstić information content (AvgIpc) is 3.04. The van der Waals surface area contributed by atoms with Gasteiger partial charge in [-0.3, -0.25) is 0 Å². The maximum Gasteiger partial charge on any atom is 0.387 e. The summed E-state index contributed by atoms with van der Waals surface area (Å²) in [5.41, 5.74) is 2.12. The number of fused-ring (bicyclic) bond motifs is 1. The van der Waals surface area contributed by atoms with Crippen molar-refractivity contribution in [2.24, 2.45) is 0 Å². The lowest BCUT2D eigenvalue weighted by Gasteiger charge is -2.13. The smallest absolute Gasteiger partial charge is 0.387 e. The van der Waals surface area contributed by atoms with Crippen LogP contribution in [-0.2, 0) is 6.42 Å². The molecule has 0 radical (unpaired) electrons. The van der Waals surface area contributed by atoms with Gasteiger partial charge in [0, 0.05) is 23.6 Å². The first-order chi connectivity index (χ1) is 9.72. The first-order valence-electron chi connectivity index (χ1n) is 6.99. The van der Waals surface area contributed by atoms with Crippen LogP contribution >= 0.6 is 0 Å². The Labute approximate surface area is 116 Å². The van der Waals surface area contributed by atoms with Crippen LogP contribution in [0.4, 0.5) is 8.78 Å². The third-order valence-electron chi connectivity index (χ3n) is 3.86. The van der Waals surface area contributed by atoms with Crippen LogP contribution in [0.2, 0.25) is 0 Å². The molecule has 1 fully saturated rings. The number of hydrogen-bond donors (Lipinski definition) is 1. The van der Waals surface area contributed by atoms with E-state index in [-0.39, 0.29) is 5.75 Å². The van der Waals surface area contributed by atoms with Crippen LogP contribution in [0.5, 0.6) is 5.75 Å². The minimum atomic E-state index is -2.78. The minimum Gasteiger partial charge on any atom is -0.435 e. The van der Waals surface area contributed by atoms with Gasteiger partial charge < -0.3 is 14.6 Å². The predicted octanol–water partition coefficient (Wildman–Crippen LogP) is 3.41. The van der Waals surface area contributed by atoms with Gasteiger partial charge in [0.2, 0.25) is 0 Å². The van der Waals surface area contributed by atoms with Crippen molar-refractivity contribution < 1.29 is 13.5 Å². The van der Waals surface area contributed by atoms with E-state index in [4.69, 9.17) is 0 Å². The second-order valence-corrected chi connectivity index (χ2v) is 5.20. The number of alkyl halides is 2. The Morgan fingerprint density at radius 2 is 2.05 bits per heavy atom. The summed E-state index contributed by atoms with van der Waals surface area (Å²) >= 11 is 0. The van der Waals surface area contributed by atoms with E-state index >= 15 is 0 Å². The van der Waals surface area contributed by atoms with E-state index in [0.29, 0.717) is 0 Å². The lowest BCUT2D eigenvalue weighted by molar-refractivity contribution is -0.0497. The first kappa shape index (κ1) is 13.4. The van der Waals surface area contributed by atoms with Crippen molar-refractivity contribution in [3.05, 3.63) is 30.0 Å². The van der Waals surface area contributed by atoms with Crippen molar-refractivity contribution in [1.82, 2.24) is 9.88 Å². The molecule has 1 aromatic heterocycles. The number of rotatable bonds is 5. The lowest BCUT2D eigenvalue weighted by atomic mass is 10.1. The molecule has 1 aliphatic rings. The largest absolute Gasteiger partial charge is 0.435 e. The molecule has 0 aliphatic carbocycles. The number of hydrogen-bond acceptors (Lipinski definition) is 2. The van der Waals surface area contributed by atoms with Gasteiger partial charge in [-0.15, -0.1) is 0 Å². The molecule has 2 heterocycles.